The van der Waals surface area contributed by atoms with E-state index in [9.17, 15) is 8.78 Å². The van der Waals surface area contributed by atoms with Crippen LogP contribution in [0.15, 0.2) is 36.4 Å². The normalized spacial score (nSPS) is 12.4. The summed E-state index contributed by atoms with van der Waals surface area (Å²) < 4.78 is 27.0. The third-order valence-electron chi connectivity index (χ3n) is 3.46. The zero-order valence-corrected chi connectivity index (χ0v) is 12.0. The fraction of sp³-hybridized carbons (Fsp3) is 0.294. The molecule has 0 heterocycles. The molecule has 2 aromatic carbocycles. The van der Waals surface area contributed by atoms with E-state index in [1.807, 2.05) is 39.0 Å². The number of halogens is 2. The molecular formula is C17H19F2N. The van der Waals surface area contributed by atoms with Crippen LogP contribution in [0.1, 0.15) is 35.2 Å². The van der Waals surface area contributed by atoms with E-state index in [2.05, 4.69) is 5.32 Å². The lowest BCUT2D eigenvalue weighted by atomic mass is 9.91. The first-order chi connectivity index (χ1) is 9.52. The highest BCUT2D eigenvalue weighted by atomic mass is 19.1. The average Bonchev–Trinajstić information content (AvgIpc) is 2.36. The van der Waals surface area contributed by atoms with Crippen LogP contribution >= 0.6 is 0 Å². The van der Waals surface area contributed by atoms with Gasteiger partial charge in [0.2, 0.25) is 0 Å². The van der Waals surface area contributed by atoms with Gasteiger partial charge in [-0.1, -0.05) is 25.1 Å². The maximum Gasteiger partial charge on any atom is 0.126 e. The molecular weight excluding hydrogens is 256 g/mol. The molecule has 0 fully saturated rings. The summed E-state index contributed by atoms with van der Waals surface area (Å²) in [6, 6.07) is 9.50. The molecule has 0 saturated heterocycles. The van der Waals surface area contributed by atoms with Gasteiger partial charge in [-0.3, -0.25) is 0 Å². The molecule has 0 aliphatic heterocycles. The molecule has 1 atom stereocenters. The number of benzene rings is 2. The van der Waals surface area contributed by atoms with Gasteiger partial charge in [0.05, 0.1) is 6.04 Å². The topological polar surface area (TPSA) is 12.0 Å². The lowest BCUT2D eigenvalue weighted by molar-refractivity contribution is 0.564. The number of hydrogen-bond donors (Lipinski definition) is 1. The Balaban J connectivity index is 2.56. The molecule has 3 heteroatoms. The van der Waals surface area contributed by atoms with Crippen molar-refractivity contribution in [3.63, 3.8) is 0 Å². The summed E-state index contributed by atoms with van der Waals surface area (Å²) in [5.41, 5.74) is 3.92. The molecule has 0 bridgehead atoms. The largest absolute Gasteiger partial charge is 0.307 e. The lowest BCUT2D eigenvalue weighted by Crippen LogP contribution is -2.24. The summed E-state index contributed by atoms with van der Waals surface area (Å²) in [7, 11) is 0. The van der Waals surface area contributed by atoms with Crippen molar-refractivity contribution in [2.45, 2.75) is 26.8 Å². The van der Waals surface area contributed by atoms with Crippen molar-refractivity contribution >= 4 is 0 Å². The van der Waals surface area contributed by atoms with Crippen molar-refractivity contribution in [1.82, 2.24) is 5.32 Å². The van der Waals surface area contributed by atoms with Crippen molar-refractivity contribution < 1.29 is 8.78 Å². The zero-order valence-electron chi connectivity index (χ0n) is 12.0. The van der Waals surface area contributed by atoms with Crippen molar-refractivity contribution in [3.05, 3.63) is 70.3 Å². The molecule has 0 aliphatic carbocycles. The predicted molar refractivity (Wildman–Crippen MR) is 77.8 cm³/mol. The zero-order chi connectivity index (χ0) is 14.7. The SMILES string of the molecule is CCNC(c1cc(F)cc(F)c1)c1c(C)cccc1C. The number of rotatable bonds is 4. The van der Waals surface area contributed by atoms with Crippen molar-refractivity contribution in [2.24, 2.45) is 0 Å². The van der Waals surface area contributed by atoms with Gasteiger partial charge in [0.1, 0.15) is 11.6 Å². The standard InChI is InChI=1S/C17H19F2N/c1-4-20-17(13-8-14(18)10-15(19)9-13)16-11(2)6-5-7-12(16)3/h5-10,17,20H,4H2,1-3H3. The third kappa shape index (κ3) is 3.05. The van der Waals surface area contributed by atoms with Gasteiger partial charge in [-0.2, -0.15) is 0 Å². The molecule has 20 heavy (non-hydrogen) atoms. The van der Waals surface area contributed by atoms with E-state index in [1.165, 1.54) is 12.1 Å². The molecule has 2 aromatic rings. The Bertz CT molecular complexity index is 567. The van der Waals surface area contributed by atoms with Gasteiger partial charge in [0, 0.05) is 6.07 Å². The Labute approximate surface area is 118 Å². The van der Waals surface area contributed by atoms with Crippen LogP contribution in [-0.2, 0) is 0 Å². The molecule has 0 amide bonds. The van der Waals surface area contributed by atoms with E-state index >= 15 is 0 Å². The second kappa shape index (κ2) is 6.14. The third-order valence-corrected chi connectivity index (χ3v) is 3.46. The molecule has 0 aromatic heterocycles. The quantitative estimate of drug-likeness (QED) is 0.878. The van der Waals surface area contributed by atoms with Crippen LogP contribution in [0, 0.1) is 25.5 Å². The van der Waals surface area contributed by atoms with Crippen LogP contribution in [0.5, 0.6) is 0 Å². The number of aryl methyl sites for hydroxylation is 2. The predicted octanol–water partition coefficient (Wildman–Crippen LogP) is 4.28. The minimum atomic E-state index is -0.547. The highest BCUT2D eigenvalue weighted by molar-refractivity contribution is 5.42. The van der Waals surface area contributed by atoms with Gasteiger partial charge >= 0.3 is 0 Å². The summed E-state index contributed by atoms with van der Waals surface area (Å²) in [5.74, 6) is -1.09. The summed E-state index contributed by atoms with van der Waals surface area (Å²) in [5, 5.41) is 3.32. The molecule has 106 valence electrons. The van der Waals surface area contributed by atoms with E-state index < -0.39 is 11.6 Å². The first-order valence-electron chi connectivity index (χ1n) is 6.78. The van der Waals surface area contributed by atoms with Gasteiger partial charge in [-0.05, 0) is 54.8 Å². The minimum absolute atomic E-state index is 0.202. The summed E-state index contributed by atoms with van der Waals surface area (Å²) in [4.78, 5) is 0. The summed E-state index contributed by atoms with van der Waals surface area (Å²) in [6.45, 7) is 6.73. The Hall–Kier alpha value is -1.74. The van der Waals surface area contributed by atoms with Crippen molar-refractivity contribution in [1.29, 1.82) is 0 Å². The van der Waals surface area contributed by atoms with E-state index in [0.29, 0.717) is 5.56 Å². The van der Waals surface area contributed by atoms with Crippen LogP contribution in [0.4, 0.5) is 8.78 Å². The van der Waals surface area contributed by atoms with E-state index in [-0.39, 0.29) is 6.04 Å². The Morgan fingerprint density at radius 1 is 1.00 bits per heavy atom. The molecule has 2 rings (SSSR count). The van der Waals surface area contributed by atoms with E-state index in [0.717, 1.165) is 29.3 Å². The molecule has 1 N–H and O–H groups in total. The van der Waals surface area contributed by atoms with Gasteiger partial charge in [-0.15, -0.1) is 0 Å². The highest BCUT2D eigenvalue weighted by Crippen LogP contribution is 2.28. The van der Waals surface area contributed by atoms with Gasteiger partial charge in [-0.25, -0.2) is 8.78 Å². The van der Waals surface area contributed by atoms with Gasteiger partial charge < -0.3 is 5.32 Å². The average molecular weight is 275 g/mol. The van der Waals surface area contributed by atoms with Crippen LogP contribution in [-0.4, -0.2) is 6.54 Å². The number of nitrogens with one attached hydrogen (secondary N) is 1. The smallest absolute Gasteiger partial charge is 0.126 e. The van der Waals surface area contributed by atoms with Crippen LogP contribution in [0.3, 0.4) is 0 Å². The Kier molecular flexibility index (Phi) is 4.50. The first-order valence-corrected chi connectivity index (χ1v) is 6.78. The fourth-order valence-electron chi connectivity index (χ4n) is 2.62. The first kappa shape index (κ1) is 14.7. The van der Waals surface area contributed by atoms with Crippen LogP contribution in [0.2, 0.25) is 0 Å². The molecule has 0 radical (unpaired) electrons. The molecule has 0 spiro atoms. The molecule has 0 aliphatic rings. The van der Waals surface area contributed by atoms with Gasteiger partial charge in [0.25, 0.3) is 0 Å². The fourth-order valence-corrected chi connectivity index (χ4v) is 2.62. The lowest BCUT2D eigenvalue weighted by Gasteiger charge is -2.23. The van der Waals surface area contributed by atoms with E-state index in [4.69, 9.17) is 0 Å². The highest BCUT2D eigenvalue weighted by Gasteiger charge is 2.18. The molecule has 1 nitrogen and oxygen atoms in total. The Morgan fingerprint density at radius 3 is 2.05 bits per heavy atom. The second-order valence-electron chi connectivity index (χ2n) is 5.00. The van der Waals surface area contributed by atoms with Crippen LogP contribution in [0.25, 0.3) is 0 Å². The maximum atomic E-state index is 13.5. The van der Waals surface area contributed by atoms with Crippen molar-refractivity contribution in [2.75, 3.05) is 6.54 Å². The molecule has 1 unspecified atom stereocenters. The van der Waals surface area contributed by atoms with E-state index in [1.54, 1.807) is 0 Å². The minimum Gasteiger partial charge on any atom is -0.307 e. The second-order valence-corrected chi connectivity index (χ2v) is 5.00. The monoisotopic (exact) mass is 275 g/mol. The summed E-state index contributed by atoms with van der Waals surface area (Å²) >= 11 is 0. The van der Waals surface area contributed by atoms with Crippen molar-refractivity contribution in [3.8, 4) is 0 Å². The Morgan fingerprint density at radius 2 is 1.55 bits per heavy atom. The van der Waals surface area contributed by atoms with Crippen LogP contribution < -0.4 is 5.32 Å². The van der Waals surface area contributed by atoms with Gasteiger partial charge in [0.15, 0.2) is 0 Å². The maximum absolute atomic E-state index is 13.5. The molecule has 0 saturated carbocycles. The number of hydrogen-bond acceptors (Lipinski definition) is 1. The summed E-state index contributed by atoms with van der Waals surface area (Å²) in [6.07, 6.45) is 0.